The van der Waals surface area contributed by atoms with Crippen LogP contribution in [0, 0.1) is 5.92 Å². The van der Waals surface area contributed by atoms with E-state index in [9.17, 15) is 0 Å². The molecule has 1 heterocycles. The van der Waals surface area contributed by atoms with Crippen LogP contribution in [0.15, 0.2) is 0 Å². The Kier molecular flexibility index (Phi) is 4.45. The molecule has 0 radical (unpaired) electrons. The minimum Gasteiger partial charge on any atom is -0.327 e. The molecule has 0 unspecified atom stereocenters. The quantitative estimate of drug-likeness (QED) is 0.772. The molecule has 2 fully saturated rings. The maximum absolute atomic E-state index is 5.98. The van der Waals surface area contributed by atoms with Crippen molar-refractivity contribution >= 4 is 0 Å². The van der Waals surface area contributed by atoms with Gasteiger partial charge in [0.2, 0.25) is 0 Å². The topological polar surface area (TPSA) is 29.3 Å². The second kappa shape index (κ2) is 5.86. The lowest BCUT2D eigenvalue weighted by molar-refractivity contribution is 0.202. The molecule has 1 aliphatic carbocycles. The highest BCUT2D eigenvalue weighted by atomic mass is 15.1. The highest BCUT2D eigenvalue weighted by Gasteiger charge is 2.18. The fourth-order valence-electron chi connectivity index (χ4n) is 3.20. The van der Waals surface area contributed by atoms with Gasteiger partial charge in [0.05, 0.1) is 0 Å². The predicted molar refractivity (Wildman–Crippen MR) is 64.8 cm³/mol. The van der Waals surface area contributed by atoms with Gasteiger partial charge in [0.15, 0.2) is 0 Å². The van der Waals surface area contributed by atoms with Crippen LogP contribution < -0.4 is 5.73 Å². The fourth-order valence-corrected chi connectivity index (χ4v) is 3.20. The van der Waals surface area contributed by atoms with Gasteiger partial charge in [-0.1, -0.05) is 25.7 Å². The summed E-state index contributed by atoms with van der Waals surface area (Å²) in [5.74, 6) is 1.06. The largest absolute Gasteiger partial charge is 0.327 e. The molecule has 1 saturated heterocycles. The first-order chi connectivity index (χ1) is 7.34. The fraction of sp³-hybridized carbons (Fsp3) is 1.00. The lowest BCUT2D eigenvalue weighted by Crippen LogP contribution is -2.43. The van der Waals surface area contributed by atoms with Crippen molar-refractivity contribution < 1.29 is 0 Å². The van der Waals surface area contributed by atoms with Crippen molar-refractivity contribution in [2.24, 2.45) is 11.7 Å². The maximum Gasteiger partial charge on any atom is 0.0168 e. The van der Waals surface area contributed by atoms with E-state index in [1.807, 2.05) is 0 Å². The number of likely N-dealkylation sites (tertiary alicyclic amines) is 1. The van der Waals surface area contributed by atoms with Crippen LogP contribution in [0.4, 0.5) is 0 Å². The Balaban J connectivity index is 1.56. The van der Waals surface area contributed by atoms with Crippen LogP contribution in [-0.4, -0.2) is 30.6 Å². The number of rotatable bonds is 4. The van der Waals surface area contributed by atoms with Crippen molar-refractivity contribution in [2.45, 2.75) is 57.4 Å². The minimum absolute atomic E-state index is 0.449. The zero-order valence-corrected chi connectivity index (χ0v) is 9.96. The first kappa shape index (κ1) is 11.4. The summed E-state index contributed by atoms with van der Waals surface area (Å²) >= 11 is 0. The normalized spacial score (nSPS) is 29.8. The summed E-state index contributed by atoms with van der Waals surface area (Å²) in [5.41, 5.74) is 5.98. The molecule has 0 aromatic heterocycles. The van der Waals surface area contributed by atoms with Gasteiger partial charge >= 0.3 is 0 Å². The molecule has 0 amide bonds. The average Bonchev–Trinajstić information content (AvgIpc) is 2.71. The Labute approximate surface area is 94.2 Å². The number of nitrogens with two attached hydrogens (primary N) is 1. The average molecular weight is 210 g/mol. The second-order valence-corrected chi connectivity index (χ2v) is 5.50. The van der Waals surface area contributed by atoms with E-state index in [2.05, 4.69) is 4.90 Å². The summed E-state index contributed by atoms with van der Waals surface area (Å²) in [6, 6.07) is 0.449. The third kappa shape index (κ3) is 3.76. The van der Waals surface area contributed by atoms with Crippen LogP contribution in [-0.2, 0) is 0 Å². The number of nitrogens with zero attached hydrogens (tertiary/aromatic N) is 1. The third-order valence-corrected chi connectivity index (χ3v) is 4.10. The SMILES string of the molecule is N[C@@H]1CCCN(CCCC2CCCC2)C1. The monoisotopic (exact) mass is 210 g/mol. The van der Waals surface area contributed by atoms with E-state index in [-0.39, 0.29) is 0 Å². The van der Waals surface area contributed by atoms with E-state index in [0.29, 0.717) is 6.04 Å². The van der Waals surface area contributed by atoms with Crippen molar-refractivity contribution in [1.29, 1.82) is 0 Å². The molecule has 15 heavy (non-hydrogen) atoms. The highest BCUT2D eigenvalue weighted by molar-refractivity contribution is 4.75. The zero-order chi connectivity index (χ0) is 10.5. The molecular weight excluding hydrogens is 184 g/mol. The molecule has 88 valence electrons. The number of hydrogen-bond acceptors (Lipinski definition) is 2. The molecule has 2 aliphatic rings. The Hall–Kier alpha value is -0.0800. The van der Waals surface area contributed by atoms with Gasteiger partial charge in [0, 0.05) is 12.6 Å². The van der Waals surface area contributed by atoms with Crippen LogP contribution >= 0.6 is 0 Å². The van der Waals surface area contributed by atoms with Crippen molar-refractivity contribution in [3.8, 4) is 0 Å². The van der Waals surface area contributed by atoms with Crippen LogP contribution in [0.3, 0.4) is 0 Å². The smallest absolute Gasteiger partial charge is 0.0168 e. The Morgan fingerprint density at radius 2 is 1.87 bits per heavy atom. The van der Waals surface area contributed by atoms with Gasteiger partial charge in [-0.15, -0.1) is 0 Å². The first-order valence-corrected chi connectivity index (χ1v) is 6.82. The number of hydrogen-bond donors (Lipinski definition) is 1. The molecule has 1 saturated carbocycles. The molecule has 0 aromatic carbocycles. The summed E-state index contributed by atoms with van der Waals surface area (Å²) in [7, 11) is 0. The van der Waals surface area contributed by atoms with Gasteiger partial charge in [0.1, 0.15) is 0 Å². The predicted octanol–water partition coefficient (Wildman–Crippen LogP) is 2.38. The molecular formula is C13H26N2. The molecule has 0 spiro atoms. The van der Waals surface area contributed by atoms with Gasteiger partial charge in [-0.05, 0) is 44.7 Å². The van der Waals surface area contributed by atoms with Crippen molar-refractivity contribution in [3.63, 3.8) is 0 Å². The first-order valence-electron chi connectivity index (χ1n) is 6.82. The lowest BCUT2D eigenvalue weighted by atomic mass is 10.0. The van der Waals surface area contributed by atoms with E-state index < -0.39 is 0 Å². The van der Waals surface area contributed by atoms with Crippen LogP contribution in [0.5, 0.6) is 0 Å². The summed E-state index contributed by atoms with van der Waals surface area (Å²) in [5, 5.41) is 0. The lowest BCUT2D eigenvalue weighted by Gasteiger charge is -2.30. The van der Waals surface area contributed by atoms with Crippen LogP contribution in [0.1, 0.15) is 51.4 Å². The van der Waals surface area contributed by atoms with Crippen LogP contribution in [0.25, 0.3) is 0 Å². The number of piperidine rings is 1. The van der Waals surface area contributed by atoms with E-state index >= 15 is 0 Å². The summed E-state index contributed by atoms with van der Waals surface area (Å²) in [4.78, 5) is 2.57. The molecule has 2 heteroatoms. The summed E-state index contributed by atoms with van der Waals surface area (Å²) in [6.45, 7) is 3.73. The molecule has 2 rings (SSSR count). The van der Waals surface area contributed by atoms with E-state index in [4.69, 9.17) is 5.73 Å². The van der Waals surface area contributed by atoms with Crippen molar-refractivity contribution in [1.82, 2.24) is 4.90 Å². The molecule has 0 aromatic rings. The van der Waals surface area contributed by atoms with Crippen LogP contribution in [0.2, 0.25) is 0 Å². The van der Waals surface area contributed by atoms with Crippen molar-refractivity contribution in [2.75, 3.05) is 19.6 Å². The Bertz CT molecular complexity index is 175. The van der Waals surface area contributed by atoms with Gasteiger partial charge < -0.3 is 10.6 Å². The van der Waals surface area contributed by atoms with E-state index in [1.165, 1.54) is 64.5 Å². The van der Waals surface area contributed by atoms with Gasteiger partial charge in [-0.2, -0.15) is 0 Å². The molecule has 1 aliphatic heterocycles. The Morgan fingerprint density at radius 1 is 1.07 bits per heavy atom. The van der Waals surface area contributed by atoms with Gasteiger partial charge in [0.25, 0.3) is 0 Å². The van der Waals surface area contributed by atoms with E-state index in [0.717, 1.165) is 12.5 Å². The summed E-state index contributed by atoms with van der Waals surface area (Å²) < 4.78 is 0. The molecule has 0 bridgehead atoms. The molecule has 2 N–H and O–H groups in total. The van der Waals surface area contributed by atoms with Gasteiger partial charge in [-0.25, -0.2) is 0 Å². The highest BCUT2D eigenvalue weighted by Crippen LogP contribution is 2.28. The summed E-state index contributed by atoms with van der Waals surface area (Å²) in [6.07, 6.45) is 11.4. The van der Waals surface area contributed by atoms with E-state index in [1.54, 1.807) is 0 Å². The maximum atomic E-state index is 5.98. The third-order valence-electron chi connectivity index (χ3n) is 4.10. The standard InChI is InChI=1S/C13H26N2/c14-13-8-4-10-15(11-13)9-3-7-12-5-1-2-6-12/h12-13H,1-11,14H2/t13-/m1/s1. The van der Waals surface area contributed by atoms with Crippen molar-refractivity contribution in [3.05, 3.63) is 0 Å². The molecule has 1 atom stereocenters. The zero-order valence-electron chi connectivity index (χ0n) is 9.96. The molecule has 2 nitrogen and oxygen atoms in total. The van der Waals surface area contributed by atoms with Gasteiger partial charge in [-0.3, -0.25) is 0 Å². The Morgan fingerprint density at radius 3 is 2.60 bits per heavy atom. The second-order valence-electron chi connectivity index (χ2n) is 5.50. The minimum atomic E-state index is 0.449.